The van der Waals surface area contributed by atoms with Gasteiger partial charge in [-0.2, -0.15) is 0 Å². The molecule has 1 saturated carbocycles. The highest BCUT2D eigenvalue weighted by molar-refractivity contribution is 5.87. The third-order valence-corrected chi connectivity index (χ3v) is 7.68. The number of amides is 3. The third kappa shape index (κ3) is 3.86. The largest absolute Gasteiger partial charge is 0.394 e. The van der Waals surface area contributed by atoms with Gasteiger partial charge in [-0.05, 0) is 48.8 Å². The zero-order valence-electron chi connectivity index (χ0n) is 18.1. The van der Waals surface area contributed by atoms with Crippen molar-refractivity contribution in [3.05, 3.63) is 41.5 Å². The average molecular weight is 424 g/mol. The average Bonchev–Trinajstić information content (AvgIpc) is 3.31. The summed E-state index contributed by atoms with van der Waals surface area (Å²) in [5.41, 5.74) is 3.83. The Bertz CT molecular complexity index is 859. The van der Waals surface area contributed by atoms with Crippen molar-refractivity contribution in [1.29, 1.82) is 0 Å². The summed E-state index contributed by atoms with van der Waals surface area (Å²) in [6.45, 7) is 0.581. The minimum absolute atomic E-state index is 0.0475. The van der Waals surface area contributed by atoms with Crippen molar-refractivity contribution in [1.82, 2.24) is 15.1 Å². The van der Waals surface area contributed by atoms with Crippen LogP contribution in [0.15, 0.2) is 30.3 Å². The smallest absolute Gasteiger partial charge is 0.318 e. The minimum Gasteiger partial charge on any atom is -0.394 e. The number of rotatable bonds is 4. The van der Waals surface area contributed by atoms with E-state index in [1.807, 2.05) is 4.90 Å². The molecule has 0 aromatic heterocycles. The van der Waals surface area contributed by atoms with Crippen molar-refractivity contribution in [2.45, 2.75) is 75.4 Å². The van der Waals surface area contributed by atoms with Crippen LogP contribution in [0.1, 0.15) is 68.4 Å². The third-order valence-electron chi connectivity index (χ3n) is 7.68. The minimum atomic E-state index is -0.197. The first-order valence-corrected chi connectivity index (χ1v) is 11.9. The molecule has 5 rings (SSSR count). The Morgan fingerprint density at radius 3 is 2.55 bits per heavy atom. The Morgan fingerprint density at radius 2 is 1.87 bits per heavy atom. The number of hydrogen-bond donors (Lipinski definition) is 2. The normalized spacial score (nSPS) is 28.7. The van der Waals surface area contributed by atoms with Gasteiger partial charge in [-0.15, -0.1) is 0 Å². The van der Waals surface area contributed by atoms with Crippen LogP contribution in [0, 0.1) is 0 Å². The summed E-state index contributed by atoms with van der Waals surface area (Å²) in [6.07, 6.45) is 11.5. The van der Waals surface area contributed by atoms with Gasteiger partial charge in [-0.25, -0.2) is 4.79 Å². The summed E-state index contributed by atoms with van der Waals surface area (Å²) in [5, 5.41) is 13.1. The first-order valence-electron chi connectivity index (χ1n) is 11.9. The van der Waals surface area contributed by atoms with Crippen LogP contribution < -0.4 is 5.32 Å². The Hall–Kier alpha value is -2.34. The van der Waals surface area contributed by atoms with Crippen LogP contribution in [-0.4, -0.2) is 64.7 Å². The lowest BCUT2D eigenvalue weighted by Gasteiger charge is -2.58. The van der Waals surface area contributed by atoms with E-state index >= 15 is 0 Å². The predicted molar refractivity (Wildman–Crippen MR) is 119 cm³/mol. The van der Waals surface area contributed by atoms with E-state index in [0.29, 0.717) is 6.54 Å². The van der Waals surface area contributed by atoms with Gasteiger partial charge in [-0.1, -0.05) is 49.6 Å². The van der Waals surface area contributed by atoms with Crippen molar-refractivity contribution in [2.75, 3.05) is 19.7 Å². The molecule has 4 aliphatic rings. The number of urea groups is 1. The maximum atomic E-state index is 12.9. The monoisotopic (exact) mass is 423 g/mol. The first kappa shape index (κ1) is 20.6. The molecule has 6 nitrogen and oxygen atoms in total. The van der Waals surface area contributed by atoms with E-state index in [9.17, 15) is 14.7 Å². The molecule has 1 aromatic carbocycles. The van der Waals surface area contributed by atoms with E-state index in [4.69, 9.17) is 0 Å². The molecule has 0 unspecified atom stereocenters. The van der Waals surface area contributed by atoms with E-state index in [-0.39, 0.29) is 49.1 Å². The fourth-order valence-electron chi connectivity index (χ4n) is 6.02. The van der Waals surface area contributed by atoms with Crippen LogP contribution in [-0.2, 0) is 4.79 Å². The summed E-state index contributed by atoms with van der Waals surface area (Å²) in [4.78, 5) is 29.2. The number of piperazine rings is 1. The van der Waals surface area contributed by atoms with Crippen molar-refractivity contribution in [3.8, 4) is 0 Å². The predicted octanol–water partition coefficient (Wildman–Crippen LogP) is 3.27. The molecule has 31 heavy (non-hydrogen) atoms. The highest BCUT2D eigenvalue weighted by Crippen LogP contribution is 2.43. The van der Waals surface area contributed by atoms with E-state index in [1.54, 1.807) is 4.90 Å². The molecule has 0 spiro atoms. The van der Waals surface area contributed by atoms with Gasteiger partial charge in [0.25, 0.3) is 0 Å². The van der Waals surface area contributed by atoms with E-state index in [1.165, 1.54) is 24.0 Å². The Kier molecular flexibility index (Phi) is 5.74. The molecule has 3 amide bonds. The number of nitrogens with one attached hydrogen (secondary N) is 1. The van der Waals surface area contributed by atoms with Gasteiger partial charge in [0.2, 0.25) is 5.91 Å². The number of aliphatic hydroxyl groups excluding tert-OH is 1. The lowest BCUT2D eigenvalue weighted by atomic mass is 9.73. The zero-order chi connectivity index (χ0) is 21.4. The highest BCUT2D eigenvalue weighted by atomic mass is 16.3. The summed E-state index contributed by atoms with van der Waals surface area (Å²) in [6, 6.07) is 8.48. The lowest BCUT2D eigenvalue weighted by Crippen LogP contribution is -2.74. The maximum absolute atomic E-state index is 12.9. The van der Waals surface area contributed by atoms with Crippen molar-refractivity contribution in [3.63, 3.8) is 0 Å². The van der Waals surface area contributed by atoms with Gasteiger partial charge in [-0.3, -0.25) is 4.79 Å². The van der Waals surface area contributed by atoms with Crippen LogP contribution in [0.3, 0.4) is 0 Å². The Morgan fingerprint density at radius 1 is 1.10 bits per heavy atom. The number of allylic oxidation sites excluding steroid dienone is 2. The second kappa shape index (κ2) is 8.65. The lowest BCUT2D eigenvalue weighted by molar-refractivity contribution is -0.159. The van der Waals surface area contributed by atoms with Crippen molar-refractivity contribution >= 4 is 17.5 Å². The molecule has 2 aliphatic heterocycles. The van der Waals surface area contributed by atoms with Crippen molar-refractivity contribution < 1.29 is 14.7 Å². The molecule has 0 radical (unpaired) electrons. The first-order chi connectivity index (χ1) is 15.2. The number of benzene rings is 1. The fourth-order valence-corrected chi connectivity index (χ4v) is 6.02. The molecular weight excluding hydrogens is 390 g/mol. The molecule has 166 valence electrons. The van der Waals surface area contributed by atoms with Crippen LogP contribution in [0.2, 0.25) is 0 Å². The van der Waals surface area contributed by atoms with E-state index in [0.717, 1.165) is 44.1 Å². The van der Waals surface area contributed by atoms with Crippen LogP contribution in [0.4, 0.5) is 4.79 Å². The van der Waals surface area contributed by atoms with Crippen molar-refractivity contribution in [2.24, 2.45) is 0 Å². The van der Waals surface area contributed by atoms with Gasteiger partial charge >= 0.3 is 6.03 Å². The number of carbonyl (C=O) groups is 2. The summed E-state index contributed by atoms with van der Waals surface area (Å²) in [5.74, 6) is 0.00362. The summed E-state index contributed by atoms with van der Waals surface area (Å²) >= 11 is 0. The summed E-state index contributed by atoms with van der Waals surface area (Å²) in [7, 11) is 0. The molecule has 2 saturated heterocycles. The van der Waals surface area contributed by atoms with E-state index in [2.05, 4.69) is 35.7 Å². The molecule has 3 atom stereocenters. The zero-order valence-corrected chi connectivity index (χ0v) is 18.1. The molecular formula is C25H33N3O3. The molecule has 0 bridgehead atoms. The Labute approximate surface area is 184 Å². The van der Waals surface area contributed by atoms with Gasteiger partial charge in [0.15, 0.2) is 0 Å². The number of aliphatic hydroxyl groups is 1. The molecule has 2 N–H and O–H groups in total. The molecule has 6 heteroatoms. The maximum Gasteiger partial charge on any atom is 0.318 e. The number of nitrogens with zero attached hydrogens (tertiary/aromatic N) is 2. The summed E-state index contributed by atoms with van der Waals surface area (Å²) < 4.78 is 0. The van der Waals surface area contributed by atoms with Gasteiger partial charge in [0.1, 0.15) is 6.54 Å². The fraction of sp³-hybridized carbons (Fsp3) is 0.600. The van der Waals surface area contributed by atoms with Crippen LogP contribution in [0.25, 0.3) is 5.57 Å². The molecule has 2 heterocycles. The van der Waals surface area contributed by atoms with E-state index < -0.39 is 0 Å². The van der Waals surface area contributed by atoms with Gasteiger partial charge in [0.05, 0.1) is 18.7 Å². The van der Waals surface area contributed by atoms with Gasteiger partial charge < -0.3 is 20.2 Å². The van der Waals surface area contributed by atoms with Crippen LogP contribution >= 0.6 is 0 Å². The highest BCUT2D eigenvalue weighted by Gasteiger charge is 2.54. The standard InChI is InChI=1S/C25H33N3O3/c29-16-22-24(19-12-10-18(11-13-19)17-6-4-5-7-17)21-14-27(15-23(30)28(21)22)25(31)26-20-8-2-1-3-9-20/h6,10-13,20-22,24,29H,1-5,7-9,14-16H2,(H,26,31)/t21-,22-,24-/m0/s1. The topological polar surface area (TPSA) is 72.9 Å². The molecule has 1 aromatic rings. The quantitative estimate of drug-likeness (QED) is 0.781. The second-order valence-electron chi connectivity index (χ2n) is 9.55. The second-order valence-corrected chi connectivity index (χ2v) is 9.55. The SMILES string of the molecule is O=C(NC1CCCCC1)N1CC(=O)N2[C@@H](CO)[C@@H](c3ccc(C4=CCCC4)cc3)[C@@H]2C1. The number of hydrogen-bond acceptors (Lipinski definition) is 3. The molecule has 2 aliphatic carbocycles. The molecule has 3 fully saturated rings. The Balaban J connectivity index is 1.30. The number of carbonyl (C=O) groups excluding carboxylic acids is 2. The van der Waals surface area contributed by atoms with Gasteiger partial charge in [0, 0.05) is 18.5 Å². The van der Waals surface area contributed by atoms with Crippen LogP contribution in [0.5, 0.6) is 0 Å². The number of fused-ring (bicyclic) bond motifs is 1.